The molecule has 1 aromatic rings. The Morgan fingerprint density at radius 3 is 2.46 bits per heavy atom. The Hall–Kier alpha value is -0.460. The van der Waals surface area contributed by atoms with Gasteiger partial charge in [0.25, 0.3) is 0 Å². The lowest BCUT2D eigenvalue weighted by atomic mass is 9.97. The molecule has 0 saturated carbocycles. The van der Waals surface area contributed by atoms with E-state index >= 15 is 0 Å². The average Bonchev–Trinajstić information content (AvgIpc) is 3.19. The standard InChI is InChI=1S/C16H17BrCl2O8S/c17-3-7-1-2-9(28-7)16-23-6-8-12(27-16)13(25-10(20)4-18)14(15(22)24-8)26-11(21)5-19/h1-2,8,12-16,22H,3-6H2. The van der Waals surface area contributed by atoms with Crippen LogP contribution in [0.1, 0.15) is 16.0 Å². The molecule has 1 N–H and O–H groups in total. The number of carbonyl (C=O) groups excluding carboxylic acids is 2. The summed E-state index contributed by atoms with van der Waals surface area (Å²) in [5.74, 6) is -2.41. The number of thiophene rings is 1. The van der Waals surface area contributed by atoms with Crippen LogP contribution in [0.25, 0.3) is 0 Å². The SMILES string of the molecule is O=C(CCl)OC1C(O)OC2COC(c3ccc(CBr)s3)OC2C1OC(=O)CCl. The number of hydrogen-bond donors (Lipinski definition) is 1. The van der Waals surface area contributed by atoms with E-state index in [4.69, 9.17) is 46.9 Å². The molecule has 2 saturated heterocycles. The minimum Gasteiger partial charge on any atom is -0.454 e. The van der Waals surface area contributed by atoms with Crippen molar-refractivity contribution in [2.24, 2.45) is 0 Å². The second-order valence-corrected chi connectivity index (χ2v) is 8.24. The van der Waals surface area contributed by atoms with Gasteiger partial charge < -0.3 is 28.8 Å². The van der Waals surface area contributed by atoms with Crippen molar-refractivity contribution in [2.45, 2.75) is 42.3 Å². The minimum absolute atomic E-state index is 0.0824. The highest BCUT2D eigenvalue weighted by atomic mass is 79.9. The van der Waals surface area contributed by atoms with Crippen LogP contribution < -0.4 is 0 Å². The summed E-state index contributed by atoms with van der Waals surface area (Å²) in [6.07, 6.45) is -6.32. The van der Waals surface area contributed by atoms with E-state index < -0.39 is 60.7 Å². The fourth-order valence-corrected chi connectivity index (χ4v) is 4.43. The molecule has 156 valence electrons. The van der Waals surface area contributed by atoms with Crippen LogP contribution in [0.3, 0.4) is 0 Å². The average molecular weight is 520 g/mol. The van der Waals surface area contributed by atoms with E-state index in [2.05, 4.69) is 15.9 Å². The van der Waals surface area contributed by atoms with E-state index in [1.165, 1.54) is 11.3 Å². The highest BCUT2D eigenvalue weighted by molar-refractivity contribution is 9.08. The van der Waals surface area contributed by atoms with Crippen LogP contribution in [0.4, 0.5) is 0 Å². The second-order valence-electron chi connectivity index (χ2n) is 5.94. The maximum absolute atomic E-state index is 11.8. The number of carbonyl (C=O) groups is 2. The van der Waals surface area contributed by atoms with Gasteiger partial charge >= 0.3 is 11.9 Å². The van der Waals surface area contributed by atoms with Crippen LogP contribution in [0.15, 0.2) is 12.1 Å². The maximum atomic E-state index is 11.8. The third kappa shape index (κ3) is 4.99. The monoisotopic (exact) mass is 518 g/mol. The van der Waals surface area contributed by atoms with Crippen molar-refractivity contribution in [3.05, 3.63) is 21.9 Å². The first-order valence-electron chi connectivity index (χ1n) is 8.22. The summed E-state index contributed by atoms with van der Waals surface area (Å²) in [4.78, 5) is 25.4. The highest BCUT2D eigenvalue weighted by Gasteiger charge is 2.53. The molecule has 2 aliphatic rings. The van der Waals surface area contributed by atoms with E-state index in [1.54, 1.807) is 0 Å². The predicted octanol–water partition coefficient (Wildman–Crippen LogP) is 2.08. The molecule has 3 rings (SSSR count). The van der Waals surface area contributed by atoms with E-state index in [0.29, 0.717) is 5.33 Å². The molecule has 0 radical (unpaired) electrons. The Morgan fingerprint density at radius 2 is 1.86 bits per heavy atom. The number of halogens is 3. The van der Waals surface area contributed by atoms with Crippen LogP contribution in [-0.2, 0) is 38.6 Å². The van der Waals surface area contributed by atoms with Crippen molar-refractivity contribution >= 4 is 62.4 Å². The van der Waals surface area contributed by atoms with Crippen molar-refractivity contribution in [1.82, 2.24) is 0 Å². The minimum atomic E-state index is -1.55. The summed E-state index contributed by atoms with van der Waals surface area (Å²) in [5.41, 5.74) is 0. The van der Waals surface area contributed by atoms with Crippen LogP contribution in [0, 0.1) is 0 Å². The summed E-state index contributed by atoms with van der Waals surface area (Å²) in [6.45, 7) is 0.0824. The summed E-state index contributed by atoms with van der Waals surface area (Å²) in [6, 6.07) is 3.81. The van der Waals surface area contributed by atoms with E-state index in [-0.39, 0.29) is 6.61 Å². The van der Waals surface area contributed by atoms with Crippen LogP contribution >= 0.6 is 50.5 Å². The largest absolute Gasteiger partial charge is 0.454 e. The fourth-order valence-electron chi connectivity index (χ4n) is 2.93. The van der Waals surface area contributed by atoms with Gasteiger partial charge in [0.05, 0.1) is 11.5 Å². The molecule has 0 aromatic carbocycles. The Bertz CT molecular complexity index is 704. The number of fused-ring (bicyclic) bond motifs is 1. The van der Waals surface area contributed by atoms with Gasteiger partial charge in [-0.2, -0.15) is 0 Å². The zero-order chi connectivity index (χ0) is 20.3. The summed E-state index contributed by atoms with van der Waals surface area (Å²) in [5, 5.41) is 10.9. The lowest BCUT2D eigenvalue weighted by Crippen LogP contribution is -2.63. The lowest BCUT2D eigenvalue weighted by molar-refractivity contribution is -0.355. The van der Waals surface area contributed by atoms with Gasteiger partial charge in [-0.25, -0.2) is 0 Å². The van der Waals surface area contributed by atoms with Gasteiger partial charge in [-0.15, -0.1) is 34.5 Å². The molecule has 0 amide bonds. The zero-order valence-corrected chi connectivity index (χ0v) is 18.2. The first-order valence-corrected chi connectivity index (χ1v) is 11.2. The maximum Gasteiger partial charge on any atom is 0.321 e. The van der Waals surface area contributed by atoms with Gasteiger partial charge in [-0.3, -0.25) is 9.59 Å². The van der Waals surface area contributed by atoms with Gasteiger partial charge in [0.1, 0.15) is 24.0 Å². The van der Waals surface area contributed by atoms with Gasteiger partial charge in [-0.1, -0.05) is 15.9 Å². The van der Waals surface area contributed by atoms with Crippen molar-refractivity contribution in [3.63, 3.8) is 0 Å². The number of rotatable bonds is 6. The predicted molar refractivity (Wildman–Crippen MR) is 103 cm³/mol. The third-order valence-electron chi connectivity index (χ3n) is 4.10. The van der Waals surface area contributed by atoms with E-state index in [9.17, 15) is 14.7 Å². The first-order chi connectivity index (χ1) is 13.5. The van der Waals surface area contributed by atoms with E-state index in [0.717, 1.165) is 9.75 Å². The summed E-state index contributed by atoms with van der Waals surface area (Å²) >= 11 is 15.9. The molecule has 0 spiro atoms. The second kappa shape index (κ2) is 10.0. The molecule has 8 nitrogen and oxygen atoms in total. The molecular formula is C16H17BrCl2O8S. The van der Waals surface area contributed by atoms with Crippen molar-refractivity contribution in [1.29, 1.82) is 0 Å². The van der Waals surface area contributed by atoms with Gasteiger partial charge in [-0.05, 0) is 12.1 Å². The number of aliphatic hydroxyl groups excluding tert-OH is 1. The van der Waals surface area contributed by atoms with Crippen LogP contribution in [0.5, 0.6) is 0 Å². The zero-order valence-electron chi connectivity index (χ0n) is 14.3. The molecule has 12 heteroatoms. The first kappa shape index (κ1) is 22.2. The van der Waals surface area contributed by atoms with Gasteiger partial charge in [0, 0.05) is 10.2 Å². The van der Waals surface area contributed by atoms with Crippen LogP contribution in [-0.4, -0.2) is 66.1 Å². The number of aliphatic hydroxyl groups is 1. The Balaban J connectivity index is 1.83. The van der Waals surface area contributed by atoms with Gasteiger partial charge in [0.2, 0.25) is 0 Å². The lowest BCUT2D eigenvalue weighted by Gasteiger charge is -2.46. The van der Waals surface area contributed by atoms with Crippen molar-refractivity contribution in [2.75, 3.05) is 18.4 Å². The van der Waals surface area contributed by atoms with Gasteiger partial charge in [0.15, 0.2) is 24.8 Å². The number of esters is 2. The highest BCUT2D eigenvalue weighted by Crippen LogP contribution is 2.38. The number of ether oxygens (including phenoxy) is 5. The molecule has 2 aliphatic heterocycles. The van der Waals surface area contributed by atoms with Crippen molar-refractivity contribution in [3.8, 4) is 0 Å². The smallest absolute Gasteiger partial charge is 0.321 e. The molecule has 1 aromatic heterocycles. The molecule has 6 unspecified atom stereocenters. The molecule has 6 atom stereocenters. The topological polar surface area (TPSA) is 101 Å². The Kier molecular flexibility index (Phi) is 7.97. The van der Waals surface area contributed by atoms with Crippen LogP contribution in [0.2, 0.25) is 0 Å². The Morgan fingerprint density at radius 1 is 1.18 bits per heavy atom. The Labute approximate surface area is 183 Å². The molecular weight excluding hydrogens is 503 g/mol. The number of hydrogen-bond acceptors (Lipinski definition) is 9. The summed E-state index contributed by atoms with van der Waals surface area (Å²) < 4.78 is 27.6. The molecule has 3 heterocycles. The molecule has 2 fully saturated rings. The normalized spacial score (nSPS) is 32.4. The summed E-state index contributed by atoms with van der Waals surface area (Å²) in [7, 11) is 0. The molecule has 0 aliphatic carbocycles. The quantitative estimate of drug-likeness (QED) is 0.450. The molecule has 28 heavy (non-hydrogen) atoms. The van der Waals surface area contributed by atoms with E-state index in [1.807, 2.05) is 12.1 Å². The third-order valence-corrected chi connectivity index (χ3v) is 6.62. The number of alkyl halides is 3. The van der Waals surface area contributed by atoms with Crippen molar-refractivity contribution < 1.29 is 38.4 Å². The molecule has 0 bridgehead atoms. The fraction of sp³-hybridized carbons (Fsp3) is 0.625.